The smallest absolute Gasteiger partial charge is 0.490 e. The summed E-state index contributed by atoms with van der Waals surface area (Å²) in [5.74, 6) is -0.218. The Balaban J connectivity index is 0.000000431. The highest BCUT2D eigenvalue weighted by Crippen LogP contribution is 2.36. The molecule has 0 radical (unpaired) electrons. The molecular weight excluding hydrogens is 547 g/mol. The molecule has 2 aromatic carbocycles. The van der Waals surface area contributed by atoms with Crippen molar-refractivity contribution in [3.8, 4) is 28.5 Å². The van der Waals surface area contributed by atoms with Crippen LogP contribution in [0.1, 0.15) is 17.3 Å². The minimum Gasteiger partial charge on any atom is -0.497 e. The molecule has 0 spiro atoms. The van der Waals surface area contributed by atoms with E-state index in [-0.39, 0.29) is 11.5 Å². The number of fused-ring (bicyclic) bond motifs is 3. The number of H-pyrrole nitrogens is 2. The average Bonchev–Trinajstić information content (AvgIpc) is 3.45. The van der Waals surface area contributed by atoms with E-state index in [2.05, 4.69) is 19.9 Å². The van der Waals surface area contributed by atoms with E-state index in [1.165, 1.54) is 6.33 Å². The first kappa shape index (κ1) is 27.4. The van der Waals surface area contributed by atoms with Gasteiger partial charge in [0.05, 0.1) is 37.8 Å². The Morgan fingerprint density at radius 2 is 1.88 bits per heavy atom. The lowest BCUT2D eigenvalue weighted by molar-refractivity contribution is -0.192. The molecule has 1 aliphatic heterocycles. The van der Waals surface area contributed by atoms with E-state index in [9.17, 15) is 18.0 Å². The van der Waals surface area contributed by atoms with Gasteiger partial charge in [0.15, 0.2) is 0 Å². The van der Waals surface area contributed by atoms with Crippen LogP contribution in [-0.4, -0.2) is 63.0 Å². The van der Waals surface area contributed by atoms with Crippen LogP contribution in [0.4, 0.5) is 13.2 Å². The number of methoxy groups -OCH3 is 2. The summed E-state index contributed by atoms with van der Waals surface area (Å²) in [7, 11) is 3.20. The first-order valence-corrected chi connectivity index (χ1v) is 12.1. The predicted octanol–water partition coefficient (Wildman–Crippen LogP) is 4.23. The van der Waals surface area contributed by atoms with Gasteiger partial charge in [-0.25, -0.2) is 19.7 Å². The predicted molar refractivity (Wildman–Crippen MR) is 140 cm³/mol. The third kappa shape index (κ3) is 5.48. The van der Waals surface area contributed by atoms with Gasteiger partial charge in [-0.2, -0.15) is 13.2 Å². The third-order valence-corrected chi connectivity index (χ3v) is 6.44. The Hall–Kier alpha value is -5.14. The van der Waals surface area contributed by atoms with E-state index in [4.69, 9.17) is 29.1 Å². The molecule has 3 aromatic heterocycles. The minimum atomic E-state index is -5.08. The van der Waals surface area contributed by atoms with Crippen LogP contribution in [0, 0.1) is 0 Å². The highest BCUT2D eigenvalue weighted by molar-refractivity contribution is 5.95. The SMILES string of the molecule is COc1ccc2c(c1)CC(c1nc3c(OC)cc(-c4ncnc5[nH]ccc45)cc3c(=O)[nH]1)CO2.O=C(O)C(F)(F)F. The van der Waals surface area contributed by atoms with Crippen molar-refractivity contribution < 1.29 is 37.3 Å². The molecule has 11 nitrogen and oxygen atoms in total. The minimum absolute atomic E-state index is 0.109. The quantitative estimate of drug-likeness (QED) is 0.289. The number of aromatic nitrogens is 5. The molecule has 6 rings (SSSR count). The fourth-order valence-electron chi connectivity index (χ4n) is 4.49. The van der Waals surface area contributed by atoms with E-state index in [0.717, 1.165) is 33.7 Å². The summed E-state index contributed by atoms with van der Waals surface area (Å²) in [5, 5.41) is 8.41. The van der Waals surface area contributed by atoms with Gasteiger partial charge >= 0.3 is 12.1 Å². The number of aliphatic carboxylic acids is 1. The maximum absolute atomic E-state index is 13.2. The molecule has 41 heavy (non-hydrogen) atoms. The van der Waals surface area contributed by atoms with Crippen molar-refractivity contribution >= 4 is 27.9 Å². The second-order valence-electron chi connectivity index (χ2n) is 8.98. The van der Waals surface area contributed by atoms with Crippen LogP contribution in [0.5, 0.6) is 17.2 Å². The molecule has 3 N–H and O–H groups in total. The standard InChI is InChI=1S/C25H21N5O4.C2HF3O2/c1-32-16-3-4-19-13(8-16)7-15(11-34-19)23-29-22-18(25(31)30-23)9-14(10-20(22)33-2)21-17-5-6-26-24(17)28-12-27-21;3-2(4,5)1(6)7/h3-6,8-10,12,15H,7,11H2,1-2H3,(H,26,27,28)(H,29,30,31);(H,6,7). The van der Waals surface area contributed by atoms with Crippen molar-refractivity contribution in [2.75, 3.05) is 20.8 Å². The lowest BCUT2D eigenvalue weighted by Gasteiger charge is -2.25. The summed E-state index contributed by atoms with van der Waals surface area (Å²) in [4.78, 5) is 41.6. The van der Waals surface area contributed by atoms with Crippen LogP contribution in [0.3, 0.4) is 0 Å². The third-order valence-electron chi connectivity index (χ3n) is 6.44. The van der Waals surface area contributed by atoms with Crippen LogP contribution in [0.2, 0.25) is 0 Å². The van der Waals surface area contributed by atoms with Crippen molar-refractivity contribution in [2.24, 2.45) is 0 Å². The molecule has 0 bridgehead atoms. The molecular formula is C27H22F3N5O6. The fourth-order valence-corrected chi connectivity index (χ4v) is 4.49. The second kappa shape index (κ2) is 10.8. The van der Waals surface area contributed by atoms with Crippen LogP contribution in [0.25, 0.3) is 33.2 Å². The summed E-state index contributed by atoms with van der Waals surface area (Å²) in [6.45, 7) is 0.417. The fraction of sp³-hybridized carbons (Fsp3) is 0.222. The number of hydrogen-bond acceptors (Lipinski definition) is 8. The van der Waals surface area contributed by atoms with Gasteiger partial charge < -0.3 is 29.3 Å². The van der Waals surface area contributed by atoms with E-state index >= 15 is 0 Å². The van der Waals surface area contributed by atoms with Gasteiger partial charge in [0.1, 0.15) is 40.6 Å². The van der Waals surface area contributed by atoms with E-state index in [1.54, 1.807) is 20.3 Å². The number of carboxylic acid groups (broad SMARTS) is 1. The number of ether oxygens (including phenoxy) is 3. The molecule has 1 aliphatic rings. The average molecular weight is 569 g/mol. The van der Waals surface area contributed by atoms with Crippen molar-refractivity contribution in [2.45, 2.75) is 18.5 Å². The molecule has 212 valence electrons. The van der Waals surface area contributed by atoms with Gasteiger partial charge in [-0.15, -0.1) is 0 Å². The number of carboxylic acids is 1. The maximum atomic E-state index is 13.2. The second-order valence-corrected chi connectivity index (χ2v) is 8.98. The summed E-state index contributed by atoms with van der Waals surface area (Å²) < 4.78 is 48.7. The Kier molecular flexibility index (Phi) is 7.22. The Morgan fingerprint density at radius 1 is 1.10 bits per heavy atom. The molecule has 0 aliphatic carbocycles. The first-order chi connectivity index (χ1) is 19.6. The molecule has 0 fully saturated rings. The Morgan fingerprint density at radius 3 is 2.59 bits per heavy atom. The maximum Gasteiger partial charge on any atom is 0.490 e. The van der Waals surface area contributed by atoms with Gasteiger partial charge in [0, 0.05) is 17.1 Å². The van der Waals surface area contributed by atoms with Crippen molar-refractivity contribution in [1.82, 2.24) is 24.9 Å². The normalized spacial score (nSPS) is 14.5. The number of nitrogens with zero attached hydrogens (tertiary/aromatic N) is 3. The number of halogens is 3. The van der Waals surface area contributed by atoms with E-state index < -0.39 is 12.1 Å². The summed E-state index contributed by atoms with van der Waals surface area (Å²) in [6.07, 6.45) is -1.11. The van der Waals surface area contributed by atoms with E-state index in [0.29, 0.717) is 41.2 Å². The van der Waals surface area contributed by atoms with Crippen molar-refractivity contribution in [3.63, 3.8) is 0 Å². The van der Waals surface area contributed by atoms with Gasteiger partial charge in [-0.05, 0) is 48.4 Å². The molecule has 1 atom stereocenters. The first-order valence-electron chi connectivity index (χ1n) is 12.1. The molecule has 0 saturated carbocycles. The summed E-state index contributed by atoms with van der Waals surface area (Å²) in [5.41, 5.74) is 3.46. The van der Waals surface area contributed by atoms with E-state index in [1.807, 2.05) is 36.5 Å². The number of hydrogen-bond donors (Lipinski definition) is 3. The van der Waals surface area contributed by atoms with Crippen LogP contribution >= 0.6 is 0 Å². The highest BCUT2D eigenvalue weighted by atomic mass is 19.4. The lowest BCUT2D eigenvalue weighted by Crippen LogP contribution is -2.24. The number of aromatic amines is 2. The van der Waals surface area contributed by atoms with Crippen LogP contribution in [0.15, 0.2) is 53.7 Å². The number of benzene rings is 2. The largest absolute Gasteiger partial charge is 0.497 e. The molecule has 0 amide bonds. The molecule has 4 heterocycles. The van der Waals surface area contributed by atoms with Gasteiger partial charge in [0.2, 0.25) is 0 Å². The zero-order valence-electron chi connectivity index (χ0n) is 21.6. The van der Waals surface area contributed by atoms with Gasteiger partial charge in [0.25, 0.3) is 5.56 Å². The Bertz CT molecular complexity index is 1820. The van der Waals surface area contributed by atoms with Crippen molar-refractivity contribution in [1.29, 1.82) is 0 Å². The summed E-state index contributed by atoms with van der Waals surface area (Å²) >= 11 is 0. The van der Waals surface area contributed by atoms with Crippen LogP contribution < -0.4 is 19.8 Å². The number of rotatable bonds is 4. The molecule has 0 saturated heterocycles. The molecule has 5 aromatic rings. The zero-order valence-corrected chi connectivity index (χ0v) is 21.6. The highest BCUT2D eigenvalue weighted by Gasteiger charge is 2.38. The lowest BCUT2D eigenvalue weighted by atomic mass is 9.95. The number of alkyl halides is 3. The molecule has 1 unspecified atom stereocenters. The van der Waals surface area contributed by atoms with Crippen LogP contribution in [-0.2, 0) is 11.2 Å². The molecule has 14 heteroatoms. The van der Waals surface area contributed by atoms with Gasteiger partial charge in [-0.3, -0.25) is 4.79 Å². The van der Waals surface area contributed by atoms with Crippen molar-refractivity contribution in [3.05, 3.63) is 70.7 Å². The van der Waals surface area contributed by atoms with Gasteiger partial charge in [-0.1, -0.05) is 0 Å². The topological polar surface area (TPSA) is 152 Å². The monoisotopic (exact) mass is 569 g/mol. The Labute approximate surface area is 229 Å². The zero-order chi connectivity index (χ0) is 29.3. The number of nitrogens with one attached hydrogen (secondary N) is 2. The summed E-state index contributed by atoms with van der Waals surface area (Å²) in [6, 6.07) is 11.3. The number of carbonyl (C=O) groups is 1.